The Labute approximate surface area is 188 Å². The first-order valence-electron chi connectivity index (χ1n) is 9.31. The molecule has 4 rings (SSSR count). The predicted octanol–water partition coefficient (Wildman–Crippen LogP) is 6.78. The molecule has 4 nitrogen and oxygen atoms in total. The quantitative estimate of drug-likeness (QED) is 0.396. The molecule has 1 fully saturated rings. The molecule has 0 aromatic heterocycles. The summed E-state index contributed by atoms with van der Waals surface area (Å²) in [6, 6.07) is 17.1. The standard InChI is InChI=1S/C23H17Cl2NO3S/c1-2-29-21-18(24)10-14(11-19(21)25)12-20-22(27)26(23(28)30-20)13-16-8-5-7-15-6-3-4-9-17(15)16/h3-12H,2,13H2,1H3/b20-12+. The maximum absolute atomic E-state index is 12.9. The Balaban J connectivity index is 1.61. The zero-order valence-corrected chi connectivity index (χ0v) is 18.4. The van der Waals surface area contributed by atoms with Crippen molar-refractivity contribution in [3.63, 3.8) is 0 Å². The Bertz CT molecular complexity index is 1160. The number of ether oxygens (including phenoxy) is 1. The lowest BCUT2D eigenvalue weighted by Gasteiger charge is -2.14. The van der Waals surface area contributed by atoms with Crippen LogP contribution in [0.2, 0.25) is 10.0 Å². The van der Waals surface area contributed by atoms with E-state index in [0.29, 0.717) is 32.9 Å². The summed E-state index contributed by atoms with van der Waals surface area (Å²) in [4.78, 5) is 27.1. The van der Waals surface area contributed by atoms with Crippen LogP contribution < -0.4 is 4.74 Å². The summed E-state index contributed by atoms with van der Waals surface area (Å²) < 4.78 is 5.43. The summed E-state index contributed by atoms with van der Waals surface area (Å²) in [6.07, 6.45) is 1.63. The second kappa shape index (κ2) is 8.72. The molecular formula is C23H17Cl2NO3S. The Hall–Kier alpha value is -2.47. The predicted molar refractivity (Wildman–Crippen MR) is 123 cm³/mol. The van der Waals surface area contributed by atoms with Gasteiger partial charge in [-0.3, -0.25) is 14.5 Å². The Morgan fingerprint density at radius 2 is 1.73 bits per heavy atom. The smallest absolute Gasteiger partial charge is 0.293 e. The highest BCUT2D eigenvalue weighted by atomic mass is 35.5. The van der Waals surface area contributed by atoms with Crippen molar-refractivity contribution in [2.24, 2.45) is 0 Å². The van der Waals surface area contributed by atoms with Crippen molar-refractivity contribution < 1.29 is 14.3 Å². The Morgan fingerprint density at radius 1 is 1.03 bits per heavy atom. The summed E-state index contributed by atoms with van der Waals surface area (Å²) in [5.41, 5.74) is 1.55. The number of rotatable bonds is 5. The molecule has 7 heteroatoms. The van der Waals surface area contributed by atoms with Gasteiger partial charge in [0.25, 0.3) is 11.1 Å². The van der Waals surface area contributed by atoms with Crippen LogP contribution in [0.4, 0.5) is 4.79 Å². The van der Waals surface area contributed by atoms with Crippen LogP contribution in [0.3, 0.4) is 0 Å². The van der Waals surface area contributed by atoms with Crippen LogP contribution in [-0.2, 0) is 11.3 Å². The maximum atomic E-state index is 12.9. The minimum atomic E-state index is -0.334. The lowest BCUT2D eigenvalue weighted by atomic mass is 10.0. The highest BCUT2D eigenvalue weighted by molar-refractivity contribution is 8.18. The zero-order valence-electron chi connectivity index (χ0n) is 16.0. The van der Waals surface area contributed by atoms with Crippen LogP contribution in [-0.4, -0.2) is 22.7 Å². The molecule has 0 saturated carbocycles. The molecule has 1 saturated heterocycles. The molecule has 0 atom stereocenters. The third kappa shape index (κ3) is 4.06. The van der Waals surface area contributed by atoms with Gasteiger partial charge >= 0.3 is 0 Å². The van der Waals surface area contributed by atoms with Crippen molar-refractivity contribution in [2.75, 3.05) is 6.61 Å². The Kier molecular flexibility index (Phi) is 6.04. The number of amides is 2. The van der Waals surface area contributed by atoms with Gasteiger partial charge in [-0.2, -0.15) is 0 Å². The molecule has 3 aromatic carbocycles. The number of thioether (sulfide) groups is 1. The van der Waals surface area contributed by atoms with Crippen LogP contribution in [0, 0.1) is 0 Å². The first kappa shape index (κ1) is 20.8. The number of hydrogen-bond acceptors (Lipinski definition) is 4. The van der Waals surface area contributed by atoms with Crippen molar-refractivity contribution in [1.82, 2.24) is 4.90 Å². The van der Waals surface area contributed by atoms with Crippen molar-refractivity contribution >= 4 is 63.0 Å². The average molecular weight is 458 g/mol. The number of imide groups is 1. The van der Waals surface area contributed by atoms with Crippen LogP contribution in [0.25, 0.3) is 16.8 Å². The molecular weight excluding hydrogens is 441 g/mol. The van der Waals surface area contributed by atoms with Gasteiger partial charge < -0.3 is 4.74 Å². The molecule has 152 valence electrons. The molecule has 30 heavy (non-hydrogen) atoms. The number of nitrogens with zero attached hydrogens (tertiary/aromatic N) is 1. The van der Waals surface area contributed by atoms with E-state index in [2.05, 4.69) is 0 Å². The van der Waals surface area contributed by atoms with Crippen molar-refractivity contribution in [3.8, 4) is 5.75 Å². The van der Waals surface area contributed by atoms with E-state index in [0.717, 1.165) is 28.1 Å². The van der Waals surface area contributed by atoms with E-state index >= 15 is 0 Å². The number of benzene rings is 3. The second-order valence-electron chi connectivity index (χ2n) is 6.65. The monoisotopic (exact) mass is 457 g/mol. The SMILES string of the molecule is CCOc1c(Cl)cc(/C=C2/SC(=O)N(Cc3cccc4ccccc34)C2=O)cc1Cl. The highest BCUT2D eigenvalue weighted by Gasteiger charge is 2.35. The zero-order chi connectivity index (χ0) is 21.3. The van der Waals surface area contributed by atoms with E-state index in [1.807, 2.05) is 49.4 Å². The van der Waals surface area contributed by atoms with Gasteiger partial charge in [0.15, 0.2) is 5.75 Å². The van der Waals surface area contributed by atoms with Crippen LogP contribution in [0.15, 0.2) is 59.5 Å². The second-order valence-corrected chi connectivity index (χ2v) is 8.46. The van der Waals surface area contributed by atoms with Crippen LogP contribution >= 0.6 is 35.0 Å². The van der Waals surface area contributed by atoms with E-state index in [-0.39, 0.29) is 17.7 Å². The number of fused-ring (bicyclic) bond motifs is 1. The first-order chi connectivity index (χ1) is 14.5. The number of carbonyl (C=O) groups excluding carboxylic acids is 2. The largest absolute Gasteiger partial charge is 0.491 e. The van der Waals surface area contributed by atoms with Gasteiger partial charge in [0.2, 0.25) is 0 Å². The fourth-order valence-electron chi connectivity index (χ4n) is 3.33. The van der Waals surface area contributed by atoms with E-state index in [9.17, 15) is 9.59 Å². The van der Waals surface area contributed by atoms with E-state index in [4.69, 9.17) is 27.9 Å². The van der Waals surface area contributed by atoms with Gasteiger partial charge in [-0.1, -0.05) is 65.7 Å². The van der Waals surface area contributed by atoms with Gasteiger partial charge in [-0.05, 0) is 58.8 Å². The van der Waals surface area contributed by atoms with E-state index < -0.39 is 0 Å². The van der Waals surface area contributed by atoms with Gasteiger partial charge in [-0.25, -0.2) is 0 Å². The molecule has 1 aliphatic rings. The van der Waals surface area contributed by atoms with Crippen LogP contribution in [0.5, 0.6) is 5.75 Å². The molecule has 0 bridgehead atoms. The highest BCUT2D eigenvalue weighted by Crippen LogP contribution is 2.38. The maximum Gasteiger partial charge on any atom is 0.293 e. The van der Waals surface area contributed by atoms with Crippen molar-refractivity contribution in [2.45, 2.75) is 13.5 Å². The summed E-state index contributed by atoms with van der Waals surface area (Å²) in [5, 5.41) is 2.49. The summed E-state index contributed by atoms with van der Waals surface area (Å²) in [7, 11) is 0. The third-order valence-electron chi connectivity index (χ3n) is 4.69. The molecule has 3 aromatic rings. The van der Waals surface area contributed by atoms with Gasteiger partial charge in [0.1, 0.15) is 0 Å². The molecule has 1 aliphatic heterocycles. The van der Waals surface area contributed by atoms with Gasteiger partial charge in [0, 0.05) is 0 Å². The average Bonchev–Trinajstić information content (AvgIpc) is 2.98. The van der Waals surface area contributed by atoms with E-state index in [1.54, 1.807) is 18.2 Å². The molecule has 0 aliphatic carbocycles. The summed E-state index contributed by atoms with van der Waals surface area (Å²) in [6.45, 7) is 2.49. The Morgan fingerprint density at radius 3 is 2.47 bits per heavy atom. The minimum Gasteiger partial charge on any atom is -0.491 e. The number of halogens is 2. The third-order valence-corrected chi connectivity index (χ3v) is 6.16. The summed E-state index contributed by atoms with van der Waals surface area (Å²) in [5.74, 6) is 0.0705. The lowest BCUT2D eigenvalue weighted by molar-refractivity contribution is -0.123. The molecule has 0 spiro atoms. The van der Waals surface area contributed by atoms with E-state index in [1.165, 1.54) is 4.90 Å². The van der Waals surface area contributed by atoms with Crippen molar-refractivity contribution in [1.29, 1.82) is 0 Å². The fraction of sp³-hybridized carbons (Fsp3) is 0.130. The molecule has 0 unspecified atom stereocenters. The van der Waals surface area contributed by atoms with Crippen molar-refractivity contribution in [3.05, 3.63) is 80.7 Å². The lowest BCUT2D eigenvalue weighted by Crippen LogP contribution is -2.27. The molecule has 1 heterocycles. The normalized spacial score (nSPS) is 15.4. The topological polar surface area (TPSA) is 46.6 Å². The van der Waals surface area contributed by atoms with Crippen LogP contribution in [0.1, 0.15) is 18.1 Å². The minimum absolute atomic E-state index is 0.216. The fourth-order valence-corrected chi connectivity index (χ4v) is 4.78. The molecule has 0 radical (unpaired) electrons. The number of hydrogen-bond donors (Lipinski definition) is 0. The first-order valence-corrected chi connectivity index (χ1v) is 10.9. The number of carbonyl (C=O) groups is 2. The van der Waals surface area contributed by atoms with Gasteiger partial charge in [0.05, 0.1) is 28.1 Å². The van der Waals surface area contributed by atoms with Gasteiger partial charge in [-0.15, -0.1) is 0 Å². The summed E-state index contributed by atoms with van der Waals surface area (Å²) >= 11 is 13.4. The molecule has 0 N–H and O–H groups in total. The molecule has 2 amide bonds.